The molecule has 21 rings (SSSR count). The molecule has 0 radical (unpaired) electrons. The molecule has 0 N–H and O–H groups in total. The average Bonchev–Trinajstić information content (AvgIpc) is 0.802. The predicted octanol–water partition coefficient (Wildman–Crippen LogP) is 22.2. The summed E-state index contributed by atoms with van der Waals surface area (Å²) in [4.78, 5) is 15.2. The molecule has 0 spiro atoms. The Labute approximate surface area is 592 Å². The van der Waals surface area contributed by atoms with Gasteiger partial charge in [-0.2, -0.15) is 0 Å². The number of hydrogen-bond acceptors (Lipinski definition) is 6. The number of rotatable bonds is 4. The monoisotopic (exact) mass is 1420 g/mol. The van der Waals surface area contributed by atoms with Crippen LogP contribution in [0, 0.1) is 0 Å². The smallest absolute Gasteiger partial charge is 0.0605 e. The van der Waals surface area contributed by atoms with E-state index in [-0.39, 0.29) is 40.7 Å². The van der Waals surface area contributed by atoms with E-state index in [1.165, 1.54) is 183 Å². The Morgan fingerprint density at radius 3 is 1.02 bits per heavy atom. The zero-order valence-electron chi connectivity index (χ0n) is 54.3. The maximum atomic E-state index is 2.62. The second kappa shape index (κ2) is 22.3. The van der Waals surface area contributed by atoms with Crippen LogP contribution in [0.25, 0.3) is 54.6 Å². The van der Waals surface area contributed by atoms with Gasteiger partial charge >= 0.3 is 312 Å². The van der Waals surface area contributed by atoms with Gasteiger partial charge in [0.05, 0.1) is 34.1 Å². The minimum atomic E-state index is -0.0822. The van der Waals surface area contributed by atoms with E-state index < -0.39 is 0 Å². The standard InChI is InChI=1S/C47H32N2Se2.C43H30N2S2/c1-47(2)35-20-8-7-15-29(35)34-27-44-40(28-36(34)47)49(39-23-11-14-26-43(39)51-44)46-32-18-5-3-16-30(32)45(31-17-4-6-19-33(31)46)48-37-21-9-12-24-41(37)50-42-25-13-10-22-38(42)48;1-43(2)31-16-4-3-13-27(31)30-25-42-38(26-32(30)43)45(37-19-7-10-24-41(37)47-42)34-21-12-14-28-29(34)15-11-20-33(28)44-35-17-5-8-22-39(35)46-40-23-9-6-18-36(40)44/h3-28H,1-2H3;3-26H,1-2H3. The van der Waals surface area contributed by atoms with E-state index in [0.717, 1.165) is 0 Å². The van der Waals surface area contributed by atoms with E-state index in [4.69, 9.17) is 0 Å². The minimum Gasteiger partial charge on any atom is -0.308 e. The van der Waals surface area contributed by atoms with Crippen molar-refractivity contribution in [1.82, 2.24) is 0 Å². The molecule has 4 nitrogen and oxygen atoms in total. The van der Waals surface area contributed by atoms with E-state index in [2.05, 4.69) is 351 Å². The van der Waals surface area contributed by atoms with Crippen LogP contribution in [0.15, 0.2) is 323 Å². The second-order valence-corrected chi connectivity index (χ2v) is 33.8. The van der Waals surface area contributed by atoms with Gasteiger partial charge in [-0.15, -0.1) is 0 Å². The SMILES string of the molecule is CC1(C)c2ccccc2-c2cc3c(cc21)N(c1c2ccccc2c(N2c4ccccc4[Se]c4ccccc42)c2ccccc12)c1ccccc1[Se]3.CC1(C)c2ccccc2-c2cc3c(cc21)N(c1cccc2c(N4c5ccccc5Sc5ccccc54)cccc12)c1ccccc1S3. The van der Waals surface area contributed by atoms with Crippen molar-refractivity contribution in [1.29, 1.82) is 0 Å². The van der Waals surface area contributed by atoms with E-state index in [9.17, 15) is 0 Å². The third-order valence-corrected chi connectivity index (χ3v) is 28.0. The van der Waals surface area contributed by atoms with Gasteiger partial charge in [0.2, 0.25) is 0 Å². The molecule has 8 heteroatoms. The van der Waals surface area contributed by atoms with Crippen molar-refractivity contribution in [3.8, 4) is 22.3 Å². The summed E-state index contributed by atoms with van der Waals surface area (Å²) in [7, 11) is 0. The van der Waals surface area contributed by atoms with Gasteiger partial charge in [0.25, 0.3) is 0 Å². The topological polar surface area (TPSA) is 13.0 Å². The zero-order valence-corrected chi connectivity index (χ0v) is 59.3. The van der Waals surface area contributed by atoms with E-state index in [0.29, 0.717) is 0 Å². The summed E-state index contributed by atoms with van der Waals surface area (Å²) < 4.78 is 5.69. The molecule has 4 aliphatic heterocycles. The summed E-state index contributed by atoms with van der Waals surface area (Å²) in [6.45, 7) is 9.53. The molecule has 0 fully saturated rings. The third-order valence-electron chi connectivity index (χ3n) is 21.0. The fourth-order valence-electron chi connectivity index (χ4n) is 16.5. The number of benzene rings is 15. The quantitative estimate of drug-likeness (QED) is 0.128. The Kier molecular flexibility index (Phi) is 13.2. The van der Waals surface area contributed by atoms with Crippen LogP contribution in [-0.2, 0) is 10.8 Å². The summed E-state index contributed by atoms with van der Waals surface area (Å²) in [5, 5.41) is 7.50. The Balaban J connectivity index is 0.000000133. The molecule has 0 aromatic heterocycles. The van der Waals surface area contributed by atoms with Gasteiger partial charge in [-0.3, -0.25) is 0 Å². The summed E-state index contributed by atoms with van der Waals surface area (Å²) in [5.74, 6) is 0. The van der Waals surface area contributed by atoms with Crippen LogP contribution in [0.2, 0.25) is 0 Å². The van der Waals surface area contributed by atoms with Crippen molar-refractivity contribution >= 4 is 172 Å². The first-order chi connectivity index (χ1) is 48.2. The molecule has 6 aliphatic rings. The van der Waals surface area contributed by atoms with Gasteiger partial charge in [0, 0.05) is 35.8 Å². The molecule has 0 amide bonds. The van der Waals surface area contributed by atoms with Crippen LogP contribution >= 0.6 is 23.5 Å². The van der Waals surface area contributed by atoms with Crippen LogP contribution < -0.4 is 37.4 Å². The van der Waals surface area contributed by atoms with Crippen molar-refractivity contribution in [3.05, 3.63) is 326 Å². The molecule has 4 heterocycles. The van der Waals surface area contributed by atoms with Crippen LogP contribution in [0.3, 0.4) is 0 Å². The van der Waals surface area contributed by atoms with E-state index in [1.807, 2.05) is 23.5 Å². The molecule has 2 aliphatic carbocycles. The third kappa shape index (κ3) is 8.66. The molecule has 98 heavy (non-hydrogen) atoms. The normalized spacial score (nSPS) is 14.9. The molecule has 15 aromatic carbocycles. The predicted molar refractivity (Wildman–Crippen MR) is 418 cm³/mol. The van der Waals surface area contributed by atoms with E-state index >= 15 is 0 Å². The molecular weight excluding hydrogens is 1360 g/mol. The molecule has 0 unspecified atom stereocenters. The van der Waals surface area contributed by atoms with Gasteiger partial charge in [-0.1, -0.05) is 122 Å². The first kappa shape index (κ1) is 58.2. The van der Waals surface area contributed by atoms with Gasteiger partial charge < -0.3 is 9.80 Å². The number of fused-ring (bicyclic) bond motifs is 17. The summed E-state index contributed by atoms with van der Waals surface area (Å²) in [6.07, 6.45) is 0. The maximum Gasteiger partial charge on any atom is 0.0605 e. The maximum absolute atomic E-state index is 2.62. The Morgan fingerprint density at radius 2 is 0.551 bits per heavy atom. The molecular formula is C90H62N4S2Se2. The molecule has 0 atom stereocenters. The summed E-state index contributed by atoms with van der Waals surface area (Å²) in [6, 6.07) is 113. The average molecular weight is 1420 g/mol. The van der Waals surface area contributed by atoms with Crippen LogP contribution in [0.4, 0.5) is 68.2 Å². The second-order valence-electron chi connectivity index (χ2n) is 27.1. The number of nitrogens with zero attached hydrogens (tertiary/aromatic N) is 4. The molecule has 466 valence electrons. The van der Waals surface area contributed by atoms with Gasteiger partial charge in [-0.05, 0) is 82.9 Å². The first-order valence-electron chi connectivity index (χ1n) is 33.6. The van der Waals surface area contributed by atoms with Gasteiger partial charge in [0.15, 0.2) is 0 Å². The van der Waals surface area contributed by atoms with Crippen molar-refractivity contribution in [2.45, 2.75) is 58.1 Å². The van der Waals surface area contributed by atoms with Crippen molar-refractivity contribution in [2.24, 2.45) is 0 Å². The fourth-order valence-corrected chi connectivity index (χ4v) is 23.2. The Morgan fingerprint density at radius 1 is 0.224 bits per heavy atom. The largest absolute Gasteiger partial charge is 0.308 e. The fraction of sp³-hybridized carbons (Fsp3) is 0.0667. The summed E-state index contributed by atoms with van der Waals surface area (Å²) in [5.41, 5.74) is 25.9. The first-order valence-corrected chi connectivity index (χ1v) is 38.7. The molecule has 0 bridgehead atoms. The molecule has 0 saturated carbocycles. The number of hydrogen-bond donors (Lipinski definition) is 0. The molecule has 15 aromatic rings. The molecule has 0 saturated heterocycles. The number of anilines is 12. The summed E-state index contributed by atoms with van der Waals surface area (Å²) >= 11 is 4.15. The van der Waals surface area contributed by atoms with Crippen molar-refractivity contribution in [3.63, 3.8) is 0 Å². The van der Waals surface area contributed by atoms with Crippen LogP contribution in [-0.4, -0.2) is 29.9 Å². The van der Waals surface area contributed by atoms with E-state index in [1.54, 1.807) is 0 Å². The Bertz CT molecular complexity index is 5770. The Hall–Kier alpha value is -9.98. The minimum absolute atomic E-state index is 0.0762. The van der Waals surface area contributed by atoms with Gasteiger partial charge in [-0.25, -0.2) is 0 Å². The van der Waals surface area contributed by atoms with Crippen molar-refractivity contribution in [2.75, 3.05) is 19.6 Å². The van der Waals surface area contributed by atoms with Crippen LogP contribution in [0.5, 0.6) is 0 Å². The van der Waals surface area contributed by atoms with Crippen molar-refractivity contribution < 1.29 is 0 Å². The zero-order chi connectivity index (χ0) is 65.1. The van der Waals surface area contributed by atoms with Crippen LogP contribution in [0.1, 0.15) is 49.9 Å². The number of para-hydroxylation sites is 6. The van der Waals surface area contributed by atoms with Gasteiger partial charge in [0.1, 0.15) is 0 Å².